The van der Waals surface area contributed by atoms with Gasteiger partial charge in [0.25, 0.3) is 5.91 Å². The van der Waals surface area contributed by atoms with Gasteiger partial charge in [0.1, 0.15) is 5.69 Å². The maximum Gasteiger partial charge on any atom is 0.274 e. The van der Waals surface area contributed by atoms with Crippen LogP contribution in [0.3, 0.4) is 0 Å². The molecule has 0 spiro atoms. The third-order valence-corrected chi connectivity index (χ3v) is 4.05. The van der Waals surface area contributed by atoms with Crippen LogP contribution in [0.4, 0.5) is 0 Å². The summed E-state index contributed by atoms with van der Waals surface area (Å²) < 4.78 is 0.753. The Bertz CT molecular complexity index is 611. The maximum absolute atomic E-state index is 12.7. The number of rotatable bonds is 4. The second-order valence-electron chi connectivity index (χ2n) is 4.98. The van der Waals surface area contributed by atoms with Gasteiger partial charge in [-0.15, -0.1) is 0 Å². The summed E-state index contributed by atoms with van der Waals surface area (Å²) in [6, 6.07) is 14.1. The second kappa shape index (κ2) is 5.75. The molecule has 0 radical (unpaired) electrons. The van der Waals surface area contributed by atoms with Crippen LogP contribution in [0.5, 0.6) is 0 Å². The van der Waals surface area contributed by atoms with Gasteiger partial charge >= 0.3 is 0 Å². The van der Waals surface area contributed by atoms with E-state index in [9.17, 15) is 4.79 Å². The lowest BCUT2D eigenvalue weighted by Crippen LogP contribution is -2.33. The number of pyridine rings is 1. The first-order valence-corrected chi connectivity index (χ1v) is 7.50. The highest BCUT2D eigenvalue weighted by atomic mass is 79.9. The fourth-order valence-electron chi connectivity index (χ4n) is 2.21. The summed E-state index contributed by atoms with van der Waals surface area (Å²) in [5.41, 5.74) is 1.65. The van der Waals surface area contributed by atoms with Gasteiger partial charge < -0.3 is 4.90 Å². The van der Waals surface area contributed by atoms with Crippen LogP contribution in [-0.4, -0.2) is 21.8 Å². The molecule has 1 saturated carbocycles. The van der Waals surface area contributed by atoms with Gasteiger partial charge in [-0.25, -0.2) is 4.98 Å². The minimum atomic E-state index is 0.00354. The number of hydrogen-bond donors (Lipinski definition) is 0. The Morgan fingerprint density at radius 2 is 1.95 bits per heavy atom. The molecule has 1 fully saturated rings. The van der Waals surface area contributed by atoms with E-state index < -0.39 is 0 Å². The smallest absolute Gasteiger partial charge is 0.274 e. The standard InChI is InChI=1S/C16H15BrN2O/c17-14-7-4-10-18-15(14)16(20)19(13-8-9-13)11-12-5-2-1-3-6-12/h1-7,10,13H,8-9,11H2. The Kier molecular flexibility index (Phi) is 3.83. The number of carbonyl (C=O) groups is 1. The van der Waals surface area contributed by atoms with Gasteiger partial charge in [0.15, 0.2) is 0 Å². The van der Waals surface area contributed by atoms with Crippen molar-refractivity contribution in [2.45, 2.75) is 25.4 Å². The SMILES string of the molecule is O=C(c1ncccc1Br)N(Cc1ccccc1)C1CC1. The molecule has 1 heterocycles. The Labute approximate surface area is 126 Å². The van der Waals surface area contributed by atoms with Gasteiger partial charge in [-0.1, -0.05) is 30.3 Å². The number of halogens is 1. The third-order valence-electron chi connectivity index (χ3n) is 3.41. The zero-order valence-corrected chi connectivity index (χ0v) is 12.6. The summed E-state index contributed by atoms with van der Waals surface area (Å²) in [6.45, 7) is 0.646. The average Bonchev–Trinajstić information content (AvgIpc) is 3.30. The van der Waals surface area contributed by atoms with Crippen LogP contribution in [0, 0.1) is 0 Å². The van der Waals surface area contributed by atoms with Crippen LogP contribution in [0.25, 0.3) is 0 Å². The quantitative estimate of drug-likeness (QED) is 0.857. The Balaban J connectivity index is 1.84. The first-order valence-electron chi connectivity index (χ1n) is 6.71. The van der Waals surface area contributed by atoms with Crippen molar-refractivity contribution in [1.29, 1.82) is 0 Å². The van der Waals surface area contributed by atoms with E-state index in [1.165, 1.54) is 0 Å². The third kappa shape index (κ3) is 2.90. The van der Waals surface area contributed by atoms with Gasteiger partial charge in [-0.3, -0.25) is 4.79 Å². The molecule has 1 amide bonds. The molecule has 3 rings (SSSR count). The van der Waals surface area contributed by atoms with Gasteiger partial charge in [0.05, 0.1) is 0 Å². The summed E-state index contributed by atoms with van der Waals surface area (Å²) in [4.78, 5) is 18.8. The maximum atomic E-state index is 12.7. The molecule has 102 valence electrons. The zero-order valence-electron chi connectivity index (χ0n) is 11.0. The van der Waals surface area contributed by atoms with Crippen LogP contribution in [0.1, 0.15) is 28.9 Å². The molecule has 20 heavy (non-hydrogen) atoms. The van der Waals surface area contributed by atoms with Crippen LogP contribution in [0.15, 0.2) is 53.1 Å². The van der Waals surface area contributed by atoms with Crippen molar-refractivity contribution < 1.29 is 4.79 Å². The highest BCUT2D eigenvalue weighted by molar-refractivity contribution is 9.10. The molecule has 3 nitrogen and oxygen atoms in total. The van der Waals surface area contributed by atoms with E-state index >= 15 is 0 Å². The summed E-state index contributed by atoms with van der Waals surface area (Å²) in [5, 5.41) is 0. The molecule has 0 atom stereocenters. The summed E-state index contributed by atoms with van der Waals surface area (Å²) in [7, 11) is 0. The van der Waals surface area contributed by atoms with Crippen molar-refractivity contribution in [3.8, 4) is 0 Å². The topological polar surface area (TPSA) is 33.2 Å². The van der Waals surface area contributed by atoms with E-state index in [4.69, 9.17) is 0 Å². The van der Waals surface area contributed by atoms with Crippen molar-refractivity contribution in [3.63, 3.8) is 0 Å². The summed E-state index contributed by atoms with van der Waals surface area (Å²) in [6.07, 6.45) is 3.83. The van der Waals surface area contributed by atoms with E-state index in [1.54, 1.807) is 6.20 Å². The Morgan fingerprint density at radius 1 is 1.20 bits per heavy atom. The van der Waals surface area contributed by atoms with Crippen molar-refractivity contribution in [1.82, 2.24) is 9.88 Å². The highest BCUT2D eigenvalue weighted by Gasteiger charge is 2.34. The van der Waals surface area contributed by atoms with E-state index in [2.05, 4.69) is 33.0 Å². The predicted molar refractivity (Wildman–Crippen MR) is 81.3 cm³/mol. The van der Waals surface area contributed by atoms with E-state index in [0.29, 0.717) is 18.3 Å². The Morgan fingerprint density at radius 3 is 2.60 bits per heavy atom. The van der Waals surface area contributed by atoms with Crippen molar-refractivity contribution >= 4 is 21.8 Å². The van der Waals surface area contributed by atoms with Gasteiger partial charge in [-0.2, -0.15) is 0 Å². The first kappa shape index (κ1) is 13.3. The fourth-order valence-corrected chi connectivity index (χ4v) is 2.64. The summed E-state index contributed by atoms with van der Waals surface area (Å²) in [5.74, 6) is 0.00354. The van der Waals surface area contributed by atoms with E-state index in [-0.39, 0.29) is 5.91 Å². The van der Waals surface area contributed by atoms with E-state index in [0.717, 1.165) is 22.9 Å². The molecule has 1 aromatic heterocycles. The molecule has 0 unspecified atom stereocenters. The van der Waals surface area contributed by atoms with Crippen LogP contribution >= 0.6 is 15.9 Å². The van der Waals surface area contributed by atoms with E-state index in [1.807, 2.05) is 35.2 Å². The molecule has 0 aliphatic heterocycles. The normalized spacial score (nSPS) is 14.1. The number of amides is 1. The molecular formula is C16H15BrN2O. The minimum Gasteiger partial charge on any atom is -0.330 e. The molecule has 0 bridgehead atoms. The first-order chi connectivity index (χ1) is 9.75. The highest BCUT2D eigenvalue weighted by Crippen LogP contribution is 2.30. The zero-order chi connectivity index (χ0) is 13.9. The molecule has 1 aliphatic carbocycles. The Hall–Kier alpha value is -1.68. The van der Waals surface area contributed by atoms with Gasteiger partial charge in [0, 0.05) is 23.3 Å². The monoisotopic (exact) mass is 330 g/mol. The lowest BCUT2D eigenvalue weighted by atomic mass is 10.2. The molecule has 0 saturated heterocycles. The van der Waals surface area contributed by atoms with Crippen molar-refractivity contribution in [3.05, 3.63) is 64.4 Å². The lowest BCUT2D eigenvalue weighted by molar-refractivity contribution is 0.0723. The average molecular weight is 331 g/mol. The van der Waals surface area contributed by atoms with Gasteiger partial charge in [0.2, 0.25) is 0 Å². The molecule has 2 aromatic rings. The number of benzene rings is 1. The van der Waals surface area contributed by atoms with Crippen LogP contribution < -0.4 is 0 Å². The predicted octanol–water partition coefficient (Wildman–Crippen LogP) is 3.65. The molecule has 4 heteroatoms. The number of nitrogens with zero attached hydrogens (tertiary/aromatic N) is 2. The number of carbonyl (C=O) groups excluding carboxylic acids is 1. The lowest BCUT2D eigenvalue weighted by Gasteiger charge is -2.22. The van der Waals surface area contributed by atoms with Crippen molar-refractivity contribution in [2.24, 2.45) is 0 Å². The number of hydrogen-bond acceptors (Lipinski definition) is 2. The fraction of sp³-hybridized carbons (Fsp3) is 0.250. The molecule has 0 N–H and O–H groups in total. The largest absolute Gasteiger partial charge is 0.330 e. The molecule has 1 aromatic carbocycles. The molecular weight excluding hydrogens is 316 g/mol. The summed E-state index contributed by atoms with van der Waals surface area (Å²) >= 11 is 3.41. The van der Waals surface area contributed by atoms with Crippen molar-refractivity contribution in [2.75, 3.05) is 0 Å². The van der Waals surface area contributed by atoms with Gasteiger partial charge in [-0.05, 0) is 46.5 Å². The van der Waals surface area contributed by atoms with Crippen LogP contribution in [0.2, 0.25) is 0 Å². The minimum absolute atomic E-state index is 0.00354. The number of aromatic nitrogens is 1. The molecule has 1 aliphatic rings. The van der Waals surface area contributed by atoms with Crippen LogP contribution in [-0.2, 0) is 6.54 Å². The second-order valence-corrected chi connectivity index (χ2v) is 5.84.